The van der Waals surface area contributed by atoms with Crippen LogP contribution in [0.5, 0.6) is 0 Å². The summed E-state index contributed by atoms with van der Waals surface area (Å²) in [6.07, 6.45) is 3.80. The van der Waals surface area contributed by atoms with Crippen LogP contribution in [-0.2, 0) is 6.54 Å². The van der Waals surface area contributed by atoms with E-state index in [1.807, 2.05) is 0 Å². The van der Waals surface area contributed by atoms with Crippen LogP contribution in [0.4, 0.5) is 5.82 Å². The Labute approximate surface area is 110 Å². The summed E-state index contributed by atoms with van der Waals surface area (Å²) >= 11 is 0. The molecule has 0 spiro atoms. The Balaban J connectivity index is 2.07. The molecule has 0 amide bonds. The van der Waals surface area contributed by atoms with Gasteiger partial charge in [-0.05, 0) is 42.9 Å². The van der Waals surface area contributed by atoms with E-state index < -0.39 is 0 Å². The molecule has 0 atom stereocenters. The molecule has 3 nitrogen and oxygen atoms in total. The van der Waals surface area contributed by atoms with Crippen molar-refractivity contribution in [2.24, 2.45) is 0 Å². The van der Waals surface area contributed by atoms with Gasteiger partial charge >= 0.3 is 0 Å². The monoisotopic (exact) mass is 247 g/mol. The van der Waals surface area contributed by atoms with E-state index in [0.717, 1.165) is 31.4 Å². The van der Waals surface area contributed by atoms with E-state index in [9.17, 15) is 0 Å². The van der Waals surface area contributed by atoms with Crippen molar-refractivity contribution in [3.63, 3.8) is 0 Å². The molecule has 2 N–H and O–H groups in total. The zero-order valence-electron chi connectivity index (χ0n) is 11.8. The van der Waals surface area contributed by atoms with Gasteiger partial charge in [-0.1, -0.05) is 20.8 Å². The first-order valence-electron chi connectivity index (χ1n) is 7.17. The van der Waals surface area contributed by atoms with Crippen molar-refractivity contribution in [1.29, 1.82) is 0 Å². The van der Waals surface area contributed by atoms with Crippen molar-refractivity contribution in [1.82, 2.24) is 10.3 Å². The summed E-state index contributed by atoms with van der Waals surface area (Å²) in [5.41, 5.74) is 2.53. The second kappa shape index (κ2) is 6.19. The molecule has 1 fully saturated rings. The molecule has 0 saturated heterocycles. The maximum Gasteiger partial charge on any atom is 0.126 e. The fraction of sp³-hybridized carbons (Fsp3) is 0.667. The fourth-order valence-corrected chi connectivity index (χ4v) is 1.90. The van der Waals surface area contributed by atoms with Gasteiger partial charge in [-0.2, -0.15) is 0 Å². The van der Waals surface area contributed by atoms with Crippen molar-refractivity contribution in [2.45, 2.75) is 58.5 Å². The first-order valence-corrected chi connectivity index (χ1v) is 7.17. The highest BCUT2D eigenvalue weighted by atomic mass is 15.0. The van der Waals surface area contributed by atoms with Gasteiger partial charge in [0.25, 0.3) is 0 Å². The number of pyridine rings is 1. The van der Waals surface area contributed by atoms with Crippen LogP contribution in [0.15, 0.2) is 12.1 Å². The van der Waals surface area contributed by atoms with Crippen LogP contribution in [-0.4, -0.2) is 17.6 Å². The highest BCUT2D eigenvalue weighted by Gasteiger charge is 2.20. The average molecular weight is 247 g/mol. The van der Waals surface area contributed by atoms with Gasteiger partial charge in [-0.3, -0.25) is 0 Å². The van der Waals surface area contributed by atoms with Gasteiger partial charge in [-0.15, -0.1) is 0 Å². The molecule has 0 bridgehead atoms. The third-order valence-electron chi connectivity index (χ3n) is 3.22. The maximum absolute atomic E-state index is 4.67. The minimum absolute atomic E-state index is 0.480. The molecule has 0 aromatic carbocycles. The smallest absolute Gasteiger partial charge is 0.126 e. The van der Waals surface area contributed by atoms with Crippen molar-refractivity contribution in [3.05, 3.63) is 23.4 Å². The van der Waals surface area contributed by atoms with Crippen molar-refractivity contribution in [2.75, 3.05) is 11.9 Å². The molecule has 1 aliphatic carbocycles. The first kappa shape index (κ1) is 13.3. The molecular weight excluding hydrogens is 222 g/mol. The second-order valence-corrected chi connectivity index (χ2v) is 5.52. The number of aromatic nitrogens is 1. The van der Waals surface area contributed by atoms with Crippen molar-refractivity contribution in [3.8, 4) is 0 Å². The van der Waals surface area contributed by atoms with E-state index in [4.69, 9.17) is 0 Å². The Morgan fingerprint density at radius 3 is 2.72 bits per heavy atom. The Bertz CT molecular complexity index is 383. The predicted octanol–water partition coefficient (Wildman–Crippen LogP) is 3.28. The Kier molecular flexibility index (Phi) is 4.59. The second-order valence-electron chi connectivity index (χ2n) is 5.52. The van der Waals surface area contributed by atoms with E-state index in [1.54, 1.807) is 0 Å². The van der Waals surface area contributed by atoms with Crippen LogP contribution in [0, 0.1) is 0 Å². The Hall–Kier alpha value is -1.09. The van der Waals surface area contributed by atoms with Gasteiger partial charge in [0, 0.05) is 24.8 Å². The van der Waals surface area contributed by atoms with Crippen LogP contribution < -0.4 is 10.6 Å². The van der Waals surface area contributed by atoms with Crippen LogP contribution in [0.2, 0.25) is 0 Å². The van der Waals surface area contributed by atoms with E-state index in [1.165, 1.54) is 24.1 Å². The highest BCUT2D eigenvalue weighted by Crippen LogP contribution is 2.21. The zero-order chi connectivity index (χ0) is 13.0. The molecule has 0 unspecified atom stereocenters. The standard InChI is InChI=1S/C15H25N3/c1-4-7-16-15-9-12(10-17-13-5-6-13)8-14(18-15)11(2)3/h8-9,11,13,17H,4-7,10H2,1-3H3,(H,16,18). The molecule has 18 heavy (non-hydrogen) atoms. The number of hydrogen-bond acceptors (Lipinski definition) is 3. The highest BCUT2D eigenvalue weighted by molar-refractivity contribution is 5.40. The molecule has 1 aromatic heterocycles. The lowest BCUT2D eigenvalue weighted by molar-refractivity contribution is 0.684. The first-order chi connectivity index (χ1) is 8.69. The lowest BCUT2D eigenvalue weighted by Gasteiger charge is -2.12. The lowest BCUT2D eigenvalue weighted by atomic mass is 10.1. The van der Waals surface area contributed by atoms with Gasteiger partial charge in [0.05, 0.1) is 0 Å². The molecule has 1 heterocycles. The number of hydrogen-bond donors (Lipinski definition) is 2. The summed E-state index contributed by atoms with van der Waals surface area (Å²) in [5.74, 6) is 1.50. The van der Waals surface area contributed by atoms with E-state index in [0.29, 0.717) is 5.92 Å². The topological polar surface area (TPSA) is 37.0 Å². The molecule has 100 valence electrons. The van der Waals surface area contributed by atoms with Gasteiger partial charge in [0.15, 0.2) is 0 Å². The summed E-state index contributed by atoms with van der Waals surface area (Å²) in [4.78, 5) is 4.67. The molecule has 1 saturated carbocycles. The van der Waals surface area contributed by atoms with E-state index >= 15 is 0 Å². The Morgan fingerprint density at radius 1 is 1.33 bits per heavy atom. The largest absolute Gasteiger partial charge is 0.370 e. The summed E-state index contributed by atoms with van der Waals surface area (Å²) in [5, 5.41) is 6.96. The summed E-state index contributed by atoms with van der Waals surface area (Å²) in [7, 11) is 0. The quantitative estimate of drug-likeness (QED) is 0.776. The van der Waals surface area contributed by atoms with Gasteiger partial charge in [-0.25, -0.2) is 4.98 Å². The van der Waals surface area contributed by atoms with Gasteiger partial charge in [0.2, 0.25) is 0 Å². The third kappa shape index (κ3) is 3.98. The number of nitrogens with one attached hydrogen (secondary N) is 2. The molecule has 1 aliphatic rings. The molecular formula is C15H25N3. The van der Waals surface area contributed by atoms with Gasteiger partial charge < -0.3 is 10.6 Å². The SMILES string of the molecule is CCCNc1cc(CNC2CC2)cc(C(C)C)n1. The average Bonchev–Trinajstić information content (AvgIpc) is 3.17. The summed E-state index contributed by atoms with van der Waals surface area (Å²) in [6, 6.07) is 5.17. The number of rotatable bonds is 7. The fourth-order valence-electron chi connectivity index (χ4n) is 1.90. The predicted molar refractivity (Wildman–Crippen MR) is 77.0 cm³/mol. The van der Waals surface area contributed by atoms with Crippen LogP contribution >= 0.6 is 0 Å². The van der Waals surface area contributed by atoms with Crippen LogP contribution in [0.3, 0.4) is 0 Å². The normalized spacial score (nSPS) is 15.1. The lowest BCUT2D eigenvalue weighted by Crippen LogP contribution is -2.16. The number of nitrogens with zero attached hydrogens (tertiary/aromatic N) is 1. The zero-order valence-corrected chi connectivity index (χ0v) is 11.8. The molecule has 3 heteroatoms. The van der Waals surface area contributed by atoms with Crippen molar-refractivity contribution >= 4 is 5.82 Å². The number of anilines is 1. The minimum atomic E-state index is 0.480. The maximum atomic E-state index is 4.67. The van der Waals surface area contributed by atoms with E-state index in [-0.39, 0.29) is 0 Å². The van der Waals surface area contributed by atoms with Crippen LogP contribution in [0.1, 0.15) is 57.2 Å². The van der Waals surface area contributed by atoms with Crippen molar-refractivity contribution < 1.29 is 0 Å². The molecule has 0 radical (unpaired) electrons. The Morgan fingerprint density at radius 2 is 2.11 bits per heavy atom. The molecule has 2 rings (SSSR count). The minimum Gasteiger partial charge on any atom is -0.370 e. The summed E-state index contributed by atoms with van der Waals surface area (Å²) in [6.45, 7) is 8.53. The molecule has 1 aromatic rings. The van der Waals surface area contributed by atoms with Crippen LogP contribution in [0.25, 0.3) is 0 Å². The molecule has 0 aliphatic heterocycles. The van der Waals surface area contributed by atoms with E-state index in [2.05, 4.69) is 48.5 Å². The summed E-state index contributed by atoms with van der Waals surface area (Å²) < 4.78 is 0. The van der Waals surface area contributed by atoms with Gasteiger partial charge in [0.1, 0.15) is 5.82 Å². The third-order valence-corrected chi connectivity index (χ3v) is 3.22.